The van der Waals surface area contributed by atoms with Gasteiger partial charge in [-0.05, 0) is 45.0 Å². The predicted molar refractivity (Wildman–Crippen MR) is 90.6 cm³/mol. The molecule has 3 N–H and O–H groups in total. The number of aromatic nitrogens is 1. The van der Waals surface area contributed by atoms with Gasteiger partial charge in [0.15, 0.2) is 0 Å². The lowest BCUT2D eigenvalue weighted by atomic mass is 10.2. The number of pyridine rings is 1. The minimum atomic E-state index is -0.0520. The van der Waals surface area contributed by atoms with Gasteiger partial charge in [-0.3, -0.25) is 9.78 Å². The average molecular weight is 292 g/mol. The normalized spacial score (nSPS) is 16.0. The number of hydrogen-bond donors (Lipinski definition) is 2. The first-order valence-electron chi connectivity index (χ1n) is 7.45. The van der Waals surface area contributed by atoms with Crippen LogP contribution in [0.4, 0.5) is 0 Å². The van der Waals surface area contributed by atoms with Crippen molar-refractivity contribution < 1.29 is 7.65 Å². The van der Waals surface area contributed by atoms with Gasteiger partial charge in [0.05, 0.1) is 13.5 Å². The lowest BCUT2D eigenvalue weighted by Gasteiger charge is -2.21. The monoisotopic (exact) mass is 292 g/mol. The van der Waals surface area contributed by atoms with Crippen molar-refractivity contribution in [2.24, 2.45) is 5.73 Å². The molecule has 118 valence electrons. The van der Waals surface area contributed by atoms with Gasteiger partial charge in [-0.2, -0.15) is 0 Å². The summed E-state index contributed by atoms with van der Waals surface area (Å²) in [5, 5.41) is 3.03. The molecule has 1 aromatic rings. The van der Waals surface area contributed by atoms with Crippen molar-refractivity contribution in [1.82, 2.24) is 15.2 Å². The van der Waals surface area contributed by atoms with Gasteiger partial charge in [-0.25, -0.2) is 0 Å². The SMILES string of the molecule is C[C@H](CN1CCCC1)NC(=O)c1ccnc(CN)c1.[B]C.[HH].[HH]. The fraction of sp³-hybridized carbons (Fsp3) is 0.600. The van der Waals surface area contributed by atoms with Crippen LogP contribution in [0.3, 0.4) is 0 Å². The molecule has 1 aliphatic heterocycles. The Morgan fingerprint density at radius 1 is 1.52 bits per heavy atom. The highest BCUT2D eigenvalue weighted by molar-refractivity contribution is 6.05. The first kappa shape index (κ1) is 17.7. The van der Waals surface area contributed by atoms with Gasteiger partial charge in [-0.15, -0.1) is 0 Å². The van der Waals surface area contributed by atoms with E-state index < -0.39 is 0 Å². The number of carbonyl (C=O) groups is 1. The van der Waals surface area contributed by atoms with E-state index in [1.165, 1.54) is 19.7 Å². The van der Waals surface area contributed by atoms with E-state index in [9.17, 15) is 4.79 Å². The Morgan fingerprint density at radius 2 is 2.19 bits per heavy atom. The number of rotatable bonds is 5. The first-order chi connectivity index (χ1) is 10.2. The molecule has 0 unspecified atom stereocenters. The second-order valence-electron chi connectivity index (χ2n) is 5.12. The van der Waals surface area contributed by atoms with E-state index in [0.717, 1.165) is 25.3 Å². The van der Waals surface area contributed by atoms with Crippen LogP contribution in [0.25, 0.3) is 0 Å². The van der Waals surface area contributed by atoms with E-state index in [2.05, 4.69) is 23.0 Å². The highest BCUT2D eigenvalue weighted by Crippen LogP contribution is 2.08. The Kier molecular flexibility index (Phi) is 8.01. The lowest BCUT2D eigenvalue weighted by molar-refractivity contribution is 0.0931. The molecule has 1 saturated heterocycles. The number of carbonyl (C=O) groups excluding carboxylic acids is 1. The number of nitrogens with zero attached hydrogens (tertiary/aromatic N) is 2. The van der Waals surface area contributed by atoms with Crippen molar-refractivity contribution in [3.8, 4) is 0 Å². The molecule has 0 bridgehead atoms. The van der Waals surface area contributed by atoms with E-state index in [4.69, 9.17) is 5.73 Å². The number of nitrogens with two attached hydrogens (primary N) is 1. The molecule has 1 amide bonds. The van der Waals surface area contributed by atoms with Crippen molar-refractivity contribution in [3.63, 3.8) is 0 Å². The molecule has 5 nitrogen and oxygen atoms in total. The van der Waals surface area contributed by atoms with Crippen molar-refractivity contribution in [2.45, 2.75) is 39.2 Å². The maximum Gasteiger partial charge on any atom is 0.251 e. The Hall–Kier alpha value is -1.40. The van der Waals surface area contributed by atoms with Gasteiger partial charge in [0.25, 0.3) is 5.91 Å². The minimum absolute atomic E-state index is 0. The molecule has 0 aliphatic carbocycles. The van der Waals surface area contributed by atoms with Crippen LogP contribution in [0.15, 0.2) is 18.3 Å². The molecule has 2 heterocycles. The van der Waals surface area contributed by atoms with Crippen LogP contribution in [-0.2, 0) is 6.54 Å². The lowest BCUT2D eigenvalue weighted by Crippen LogP contribution is -2.41. The zero-order valence-corrected chi connectivity index (χ0v) is 13.0. The second-order valence-corrected chi connectivity index (χ2v) is 5.12. The van der Waals surface area contributed by atoms with E-state index in [-0.39, 0.29) is 14.8 Å². The molecule has 0 saturated carbocycles. The molecule has 1 atom stereocenters. The van der Waals surface area contributed by atoms with Crippen LogP contribution < -0.4 is 11.1 Å². The number of nitrogens with one attached hydrogen (secondary N) is 1. The summed E-state index contributed by atoms with van der Waals surface area (Å²) in [5.74, 6) is -0.0520. The van der Waals surface area contributed by atoms with Crippen molar-refractivity contribution in [1.29, 1.82) is 0 Å². The Morgan fingerprint density at radius 3 is 2.81 bits per heavy atom. The van der Waals surface area contributed by atoms with Crippen molar-refractivity contribution in [2.75, 3.05) is 19.6 Å². The van der Waals surface area contributed by atoms with Gasteiger partial charge in [-0.1, -0.05) is 6.82 Å². The summed E-state index contributed by atoms with van der Waals surface area (Å²) in [6.07, 6.45) is 4.16. The molecule has 2 radical (unpaired) electrons. The molecule has 1 fully saturated rings. The highest BCUT2D eigenvalue weighted by atomic mass is 16.1. The fourth-order valence-electron chi connectivity index (χ4n) is 2.44. The van der Waals surface area contributed by atoms with Crippen LogP contribution in [0.5, 0.6) is 0 Å². The summed E-state index contributed by atoms with van der Waals surface area (Å²) in [7, 11) is 4.50. The zero-order chi connectivity index (χ0) is 15.7. The average Bonchev–Trinajstić information content (AvgIpc) is 3.02. The summed E-state index contributed by atoms with van der Waals surface area (Å²) in [6, 6.07) is 3.62. The minimum Gasteiger partial charge on any atom is -0.348 e. The number of amides is 1. The fourth-order valence-corrected chi connectivity index (χ4v) is 2.44. The topological polar surface area (TPSA) is 71.2 Å². The van der Waals surface area contributed by atoms with Gasteiger partial charge < -0.3 is 16.0 Å². The molecule has 0 aromatic carbocycles. The Labute approximate surface area is 131 Å². The maximum absolute atomic E-state index is 12.1. The summed E-state index contributed by atoms with van der Waals surface area (Å²) in [4.78, 5) is 18.6. The van der Waals surface area contributed by atoms with E-state index >= 15 is 0 Å². The highest BCUT2D eigenvalue weighted by Gasteiger charge is 2.16. The van der Waals surface area contributed by atoms with Crippen LogP contribution >= 0.6 is 0 Å². The molecular formula is C15H29BN4O. The summed E-state index contributed by atoms with van der Waals surface area (Å²) < 4.78 is 0. The third-order valence-electron chi connectivity index (χ3n) is 3.40. The predicted octanol–water partition coefficient (Wildman–Crippen LogP) is 1.45. The third-order valence-corrected chi connectivity index (χ3v) is 3.40. The summed E-state index contributed by atoms with van der Waals surface area (Å²) in [5.41, 5.74) is 6.89. The molecule has 6 heteroatoms. The third kappa shape index (κ3) is 5.85. The van der Waals surface area contributed by atoms with Crippen LogP contribution in [-0.4, -0.2) is 49.3 Å². The van der Waals surface area contributed by atoms with Gasteiger partial charge in [0.1, 0.15) is 0 Å². The summed E-state index contributed by atoms with van der Waals surface area (Å²) >= 11 is 0. The standard InChI is InChI=1S/C14H22N4O.CH3B.2H2/c1-11(10-18-6-2-3-7-18)17-14(19)12-4-5-16-13(8-12)9-15;1-2;;/h4-5,8,11H,2-3,6-7,9-10,15H2,1H3,(H,17,19);1H3;2*1H/t11-;;;/m1.../s1. The molecule has 1 aromatic heterocycles. The van der Waals surface area contributed by atoms with E-state index in [1.54, 1.807) is 18.3 Å². The van der Waals surface area contributed by atoms with Gasteiger partial charge in [0.2, 0.25) is 0 Å². The van der Waals surface area contributed by atoms with E-state index in [0.29, 0.717) is 12.1 Å². The quantitative estimate of drug-likeness (QED) is 0.806. The number of hydrogen-bond acceptors (Lipinski definition) is 4. The van der Waals surface area contributed by atoms with Crippen LogP contribution in [0, 0.1) is 0 Å². The van der Waals surface area contributed by atoms with Crippen molar-refractivity contribution in [3.05, 3.63) is 29.6 Å². The van der Waals surface area contributed by atoms with Gasteiger partial charge >= 0.3 is 0 Å². The van der Waals surface area contributed by atoms with E-state index in [1.807, 2.05) is 6.92 Å². The smallest absolute Gasteiger partial charge is 0.251 e. The van der Waals surface area contributed by atoms with Crippen LogP contribution in [0.1, 0.15) is 38.7 Å². The maximum atomic E-state index is 12.1. The zero-order valence-electron chi connectivity index (χ0n) is 13.0. The van der Waals surface area contributed by atoms with Gasteiger partial charge in [0, 0.05) is 33.7 Å². The Bertz CT molecular complexity index is 445. The largest absolute Gasteiger partial charge is 0.348 e. The Balaban J connectivity index is 0. The number of likely N-dealkylation sites (tertiary alicyclic amines) is 1. The van der Waals surface area contributed by atoms with Crippen LogP contribution in [0.2, 0.25) is 6.82 Å². The first-order valence-corrected chi connectivity index (χ1v) is 7.45. The molecule has 1 aliphatic rings. The van der Waals surface area contributed by atoms with Crippen molar-refractivity contribution >= 4 is 13.8 Å². The second kappa shape index (κ2) is 9.52. The molecule has 0 spiro atoms. The molecule has 21 heavy (non-hydrogen) atoms. The molecular weight excluding hydrogens is 263 g/mol. The summed E-state index contributed by atoms with van der Waals surface area (Å²) in [6.45, 7) is 7.10. The molecule has 2 rings (SSSR count).